The van der Waals surface area contributed by atoms with E-state index in [1.165, 1.54) is 4.88 Å². The van der Waals surface area contributed by atoms with Gasteiger partial charge >= 0.3 is 0 Å². The third kappa shape index (κ3) is 3.13. The van der Waals surface area contributed by atoms with Gasteiger partial charge in [0.05, 0.1) is 13.2 Å². The van der Waals surface area contributed by atoms with Gasteiger partial charge in [-0.15, -0.1) is 11.3 Å². The molecule has 1 aromatic carbocycles. The minimum absolute atomic E-state index is 0.481. The summed E-state index contributed by atoms with van der Waals surface area (Å²) in [5.74, 6) is 0.820. The molecule has 1 heterocycles. The Labute approximate surface area is 119 Å². The van der Waals surface area contributed by atoms with Crippen molar-refractivity contribution in [2.45, 2.75) is 19.4 Å². The van der Waals surface area contributed by atoms with Crippen molar-refractivity contribution in [1.29, 1.82) is 0 Å². The number of benzene rings is 1. The number of methoxy groups -OCH3 is 1. The summed E-state index contributed by atoms with van der Waals surface area (Å²) >= 11 is 5.11. The first-order chi connectivity index (χ1) is 8.60. The van der Waals surface area contributed by atoms with Crippen LogP contribution in [-0.2, 0) is 6.42 Å². The van der Waals surface area contributed by atoms with E-state index in [1.54, 1.807) is 18.4 Å². The molecule has 0 aliphatic rings. The first-order valence-corrected chi connectivity index (χ1v) is 7.28. The van der Waals surface area contributed by atoms with E-state index in [2.05, 4.69) is 15.9 Å². The van der Waals surface area contributed by atoms with Crippen molar-refractivity contribution in [1.82, 2.24) is 0 Å². The number of hydrogen-bond acceptors (Lipinski definition) is 3. The van der Waals surface area contributed by atoms with E-state index in [9.17, 15) is 5.11 Å². The van der Waals surface area contributed by atoms with Crippen molar-refractivity contribution in [2.24, 2.45) is 0 Å². The number of hydrogen-bond donors (Lipinski definition) is 1. The van der Waals surface area contributed by atoms with E-state index in [0.717, 1.165) is 20.7 Å². The Hall–Kier alpha value is -0.840. The van der Waals surface area contributed by atoms with Crippen molar-refractivity contribution in [2.75, 3.05) is 7.11 Å². The van der Waals surface area contributed by atoms with Crippen LogP contribution in [0.3, 0.4) is 0 Å². The van der Waals surface area contributed by atoms with Gasteiger partial charge in [-0.25, -0.2) is 0 Å². The quantitative estimate of drug-likeness (QED) is 0.916. The van der Waals surface area contributed by atoms with Crippen LogP contribution >= 0.6 is 27.3 Å². The Morgan fingerprint density at radius 2 is 2.17 bits per heavy atom. The molecular weight excluding hydrogens is 312 g/mol. The predicted molar refractivity (Wildman–Crippen MR) is 78.4 cm³/mol. The number of ether oxygens (including phenoxy) is 1. The second kappa shape index (κ2) is 5.87. The molecule has 2 rings (SSSR count). The Morgan fingerprint density at radius 3 is 2.78 bits per heavy atom. The van der Waals surface area contributed by atoms with Crippen LogP contribution in [0.5, 0.6) is 5.75 Å². The molecule has 4 heteroatoms. The molecule has 0 aliphatic carbocycles. The van der Waals surface area contributed by atoms with Gasteiger partial charge < -0.3 is 9.84 Å². The Balaban J connectivity index is 2.15. The van der Waals surface area contributed by atoms with Crippen LogP contribution in [0.2, 0.25) is 0 Å². The van der Waals surface area contributed by atoms with Crippen molar-refractivity contribution in [3.63, 3.8) is 0 Å². The van der Waals surface area contributed by atoms with Gasteiger partial charge in [0, 0.05) is 20.6 Å². The molecule has 2 aromatic rings. The molecule has 0 aliphatic heterocycles. The summed E-state index contributed by atoms with van der Waals surface area (Å²) < 4.78 is 6.17. The third-order valence-corrected chi connectivity index (χ3v) is 4.77. The van der Waals surface area contributed by atoms with Crippen molar-refractivity contribution < 1.29 is 9.84 Å². The highest BCUT2D eigenvalue weighted by atomic mass is 79.9. The van der Waals surface area contributed by atoms with Gasteiger partial charge in [-0.3, -0.25) is 0 Å². The van der Waals surface area contributed by atoms with Gasteiger partial charge in [0.25, 0.3) is 0 Å². The summed E-state index contributed by atoms with van der Waals surface area (Å²) in [5.41, 5.74) is 1.07. The first-order valence-electron chi connectivity index (χ1n) is 5.67. The summed E-state index contributed by atoms with van der Waals surface area (Å²) in [6.07, 6.45) is 0.112. The Kier molecular flexibility index (Phi) is 4.43. The summed E-state index contributed by atoms with van der Waals surface area (Å²) in [6.45, 7) is 2.04. The highest BCUT2D eigenvalue weighted by Gasteiger charge is 2.15. The molecular formula is C14H15BrO2S. The minimum Gasteiger partial charge on any atom is -0.497 e. The lowest BCUT2D eigenvalue weighted by Gasteiger charge is -2.10. The Morgan fingerprint density at radius 1 is 1.39 bits per heavy atom. The van der Waals surface area contributed by atoms with Crippen LogP contribution in [0.1, 0.15) is 21.4 Å². The van der Waals surface area contributed by atoms with Gasteiger partial charge in [-0.05, 0) is 46.6 Å². The molecule has 0 fully saturated rings. The van der Waals surface area contributed by atoms with Crippen LogP contribution in [0, 0.1) is 6.92 Å². The highest BCUT2D eigenvalue weighted by molar-refractivity contribution is 9.10. The summed E-state index contributed by atoms with van der Waals surface area (Å²) in [5, 5.41) is 10.3. The number of halogens is 1. The molecule has 1 unspecified atom stereocenters. The van der Waals surface area contributed by atoms with E-state index in [-0.39, 0.29) is 0 Å². The fraction of sp³-hybridized carbons (Fsp3) is 0.286. The maximum atomic E-state index is 10.3. The van der Waals surface area contributed by atoms with Crippen LogP contribution < -0.4 is 4.74 Å². The molecule has 0 bridgehead atoms. The van der Waals surface area contributed by atoms with E-state index in [4.69, 9.17) is 4.74 Å². The van der Waals surface area contributed by atoms with Gasteiger partial charge in [-0.1, -0.05) is 12.1 Å². The van der Waals surface area contributed by atoms with E-state index >= 15 is 0 Å². The van der Waals surface area contributed by atoms with Crippen LogP contribution in [0.15, 0.2) is 34.8 Å². The van der Waals surface area contributed by atoms with Crippen molar-refractivity contribution >= 4 is 27.3 Å². The molecule has 2 nitrogen and oxygen atoms in total. The van der Waals surface area contributed by atoms with E-state index < -0.39 is 6.10 Å². The minimum atomic E-state index is -0.481. The molecule has 0 radical (unpaired) electrons. The van der Waals surface area contributed by atoms with E-state index in [1.807, 2.05) is 37.3 Å². The molecule has 0 saturated carbocycles. The molecule has 1 aromatic heterocycles. The van der Waals surface area contributed by atoms with Crippen molar-refractivity contribution in [3.05, 3.63) is 50.1 Å². The standard InChI is InChI=1S/C14H15BrO2S/c1-9-6-12(15)14(18-9)13(16)8-10-4-3-5-11(7-10)17-2/h3-7,13,16H,8H2,1-2H3. The molecule has 1 atom stereocenters. The van der Waals surface area contributed by atoms with E-state index in [0.29, 0.717) is 6.42 Å². The van der Waals surface area contributed by atoms with Crippen LogP contribution in [0.25, 0.3) is 0 Å². The third-order valence-electron chi connectivity index (χ3n) is 2.70. The van der Waals surface area contributed by atoms with Gasteiger partial charge in [-0.2, -0.15) is 0 Å². The number of aliphatic hydroxyl groups excluding tert-OH is 1. The molecule has 96 valence electrons. The smallest absolute Gasteiger partial charge is 0.119 e. The molecule has 0 spiro atoms. The number of rotatable bonds is 4. The SMILES string of the molecule is COc1cccc(CC(O)c2sc(C)cc2Br)c1. The summed E-state index contributed by atoms with van der Waals surface area (Å²) in [6, 6.07) is 9.84. The summed E-state index contributed by atoms with van der Waals surface area (Å²) in [7, 11) is 1.65. The Bertz CT molecular complexity index is 536. The fourth-order valence-electron chi connectivity index (χ4n) is 1.84. The normalized spacial score (nSPS) is 12.4. The average molecular weight is 327 g/mol. The largest absolute Gasteiger partial charge is 0.497 e. The van der Waals surface area contributed by atoms with Gasteiger partial charge in [0.1, 0.15) is 5.75 Å². The number of thiophene rings is 1. The van der Waals surface area contributed by atoms with Gasteiger partial charge in [0.15, 0.2) is 0 Å². The molecule has 18 heavy (non-hydrogen) atoms. The average Bonchev–Trinajstić information content (AvgIpc) is 2.69. The monoisotopic (exact) mass is 326 g/mol. The molecule has 0 amide bonds. The van der Waals surface area contributed by atoms with Crippen LogP contribution in [-0.4, -0.2) is 12.2 Å². The number of aliphatic hydroxyl groups is 1. The topological polar surface area (TPSA) is 29.5 Å². The lowest BCUT2D eigenvalue weighted by Crippen LogP contribution is -2.00. The predicted octanol–water partition coefficient (Wildman–Crippen LogP) is 4.10. The maximum absolute atomic E-state index is 10.3. The summed E-state index contributed by atoms with van der Waals surface area (Å²) in [4.78, 5) is 2.18. The lowest BCUT2D eigenvalue weighted by atomic mass is 10.1. The molecule has 1 N–H and O–H groups in total. The highest BCUT2D eigenvalue weighted by Crippen LogP contribution is 2.34. The zero-order chi connectivity index (χ0) is 13.1. The number of aryl methyl sites for hydroxylation is 1. The second-order valence-corrected chi connectivity index (χ2v) is 6.28. The zero-order valence-electron chi connectivity index (χ0n) is 10.3. The zero-order valence-corrected chi connectivity index (χ0v) is 12.7. The van der Waals surface area contributed by atoms with Gasteiger partial charge in [0.2, 0.25) is 0 Å². The maximum Gasteiger partial charge on any atom is 0.119 e. The fourth-order valence-corrected chi connectivity index (χ4v) is 3.75. The molecule has 0 saturated heterocycles. The lowest BCUT2D eigenvalue weighted by molar-refractivity contribution is 0.181. The van der Waals surface area contributed by atoms with Crippen LogP contribution in [0.4, 0.5) is 0 Å². The van der Waals surface area contributed by atoms with Crippen molar-refractivity contribution in [3.8, 4) is 5.75 Å². The second-order valence-electron chi connectivity index (χ2n) is 4.14. The first kappa shape index (κ1) is 13.6.